The lowest BCUT2D eigenvalue weighted by Crippen LogP contribution is -2.39. The third-order valence-corrected chi connectivity index (χ3v) is 3.63. The molecule has 0 atom stereocenters. The van der Waals surface area contributed by atoms with E-state index in [0.717, 1.165) is 18.5 Å². The highest BCUT2D eigenvalue weighted by molar-refractivity contribution is 6.31. The van der Waals surface area contributed by atoms with Crippen LogP contribution in [0, 0.1) is 11.2 Å². The minimum atomic E-state index is -0.410. The van der Waals surface area contributed by atoms with Crippen LogP contribution in [0.1, 0.15) is 19.3 Å². The largest absolute Gasteiger partial charge is 0.396 e. The van der Waals surface area contributed by atoms with Crippen molar-refractivity contribution in [2.45, 2.75) is 19.3 Å². The number of hydrogen-bond donors (Lipinski definition) is 2. The Balaban J connectivity index is 1.96. The van der Waals surface area contributed by atoms with E-state index < -0.39 is 5.82 Å². The average molecular weight is 244 g/mol. The molecule has 2 rings (SSSR count). The van der Waals surface area contributed by atoms with Gasteiger partial charge in [-0.3, -0.25) is 0 Å². The molecule has 0 aromatic heterocycles. The summed E-state index contributed by atoms with van der Waals surface area (Å²) in [5, 5.41) is 12.6. The number of halogens is 2. The van der Waals surface area contributed by atoms with E-state index in [0.29, 0.717) is 6.54 Å². The Morgan fingerprint density at radius 2 is 2.19 bits per heavy atom. The normalized spacial score (nSPS) is 17.9. The van der Waals surface area contributed by atoms with Gasteiger partial charge >= 0.3 is 0 Å². The summed E-state index contributed by atoms with van der Waals surface area (Å²) in [5.74, 6) is -0.410. The topological polar surface area (TPSA) is 32.3 Å². The minimum absolute atomic E-state index is 0.0147. The fourth-order valence-corrected chi connectivity index (χ4v) is 2.14. The first-order chi connectivity index (χ1) is 7.65. The molecule has 1 saturated carbocycles. The van der Waals surface area contributed by atoms with Crippen LogP contribution in [0.25, 0.3) is 0 Å². The van der Waals surface area contributed by atoms with Crippen LogP contribution in [-0.4, -0.2) is 18.3 Å². The lowest BCUT2D eigenvalue weighted by molar-refractivity contribution is 0.0576. The zero-order valence-corrected chi connectivity index (χ0v) is 9.73. The van der Waals surface area contributed by atoms with Gasteiger partial charge in [-0.05, 0) is 31.0 Å². The van der Waals surface area contributed by atoms with E-state index >= 15 is 0 Å². The molecule has 2 nitrogen and oxygen atoms in total. The molecular formula is C12H15ClFNO. The molecule has 1 aliphatic rings. The molecule has 0 spiro atoms. The highest BCUT2D eigenvalue weighted by atomic mass is 35.5. The van der Waals surface area contributed by atoms with E-state index in [2.05, 4.69) is 5.32 Å². The average Bonchev–Trinajstić information content (AvgIpc) is 2.22. The van der Waals surface area contributed by atoms with Gasteiger partial charge in [0.1, 0.15) is 5.82 Å². The number of aliphatic hydroxyl groups excluding tert-OH is 1. The van der Waals surface area contributed by atoms with Crippen molar-refractivity contribution < 1.29 is 9.50 Å². The standard InChI is InChI=1S/C12H15ClFNO/c13-10-6-9(2-3-11(10)14)15-7-12(8-16)4-1-5-12/h2-3,6,15-16H,1,4-5,7-8H2. The van der Waals surface area contributed by atoms with E-state index in [1.54, 1.807) is 12.1 Å². The van der Waals surface area contributed by atoms with Crippen molar-refractivity contribution >= 4 is 17.3 Å². The Morgan fingerprint density at radius 3 is 2.69 bits per heavy atom. The van der Waals surface area contributed by atoms with E-state index in [9.17, 15) is 9.50 Å². The smallest absolute Gasteiger partial charge is 0.141 e. The van der Waals surface area contributed by atoms with Crippen molar-refractivity contribution in [3.63, 3.8) is 0 Å². The molecule has 1 aliphatic carbocycles. The number of rotatable bonds is 4. The molecule has 1 fully saturated rings. The summed E-state index contributed by atoms with van der Waals surface area (Å²) < 4.78 is 12.9. The van der Waals surface area contributed by atoms with Gasteiger partial charge in [-0.2, -0.15) is 0 Å². The monoisotopic (exact) mass is 243 g/mol. The molecule has 16 heavy (non-hydrogen) atoms. The maximum atomic E-state index is 12.9. The molecular weight excluding hydrogens is 229 g/mol. The third kappa shape index (κ3) is 2.30. The Hall–Kier alpha value is -0.800. The van der Waals surface area contributed by atoms with E-state index in [1.807, 2.05) is 0 Å². The first-order valence-corrected chi connectivity index (χ1v) is 5.83. The Kier molecular flexibility index (Phi) is 3.36. The number of aliphatic hydroxyl groups is 1. The van der Waals surface area contributed by atoms with Gasteiger partial charge in [-0.15, -0.1) is 0 Å². The molecule has 4 heteroatoms. The van der Waals surface area contributed by atoms with Crippen molar-refractivity contribution in [2.24, 2.45) is 5.41 Å². The van der Waals surface area contributed by atoms with Gasteiger partial charge in [-0.1, -0.05) is 18.0 Å². The summed E-state index contributed by atoms with van der Waals surface area (Å²) >= 11 is 5.68. The van der Waals surface area contributed by atoms with E-state index in [1.165, 1.54) is 12.5 Å². The van der Waals surface area contributed by atoms with Gasteiger partial charge in [0.05, 0.1) is 11.6 Å². The minimum Gasteiger partial charge on any atom is -0.396 e. The van der Waals surface area contributed by atoms with Gasteiger partial charge < -0.3 is 10.4 Å². The van der Waals surface area contributed by atoms with Crippen molar-refractivity contribution in [1.29, 1.82) is 0 Å². The summed E-state index contributed by atoms with van der Waals surface area (Å²) in [6, 6.07) is 4.57. The lowest BCUT2D eigenvalue weighted by atomic mass is 9.69. The SMILES string of the molecule is OCC1(CNc2ccc(F)c(Cl)c2)CCC1. The lowest BCUT2D eigenvalue weighted by Gasteiger charge is -2.40. The summed E-state index contributed by atoms with van der Waals surface area (Å²) in [4.78, 5) is 0. The van der Waals surface area contributed by atoms with Gasteiger partial charge in [0.25, 0.3) is 0 Å². The van der Waals surface area contributed by atoms with Crippen LogP contribution in [0.2, 0.25) is 5.02 Å². The van der Waals surface area contributed by atoms with Crippen molar-refractivity contribution in [3.05, 3.63) is 29.0 Å². The second kappa shape index (κ2) is 4.60. The van der Waals surface area contributed by atoms with Gasteiger partial charge in [-0.25, -0.2) is 4.39 Å². The summed E-state index contributed by atoms with van der Waals surface area (Å²) in [6.45, 7) is 0.917. The molecule has 0 saturated heterocycles. The highest BCUT2D eigenvalue weighted by Gasteiger charge is 2.35. The quantitative estimate of drug-likeness (QED) is 0.852. The van der Waals surface area contributed by atoms with Crippen molar-refractivity contribution in [1.82, 2.24) is 0 Å². The summed E-state index contributed by atoms with van der Waals surface area (Å²) in [6.07, 6.45) is 3.27. The molecule has 0 radical (unpaired) electrons. The highest BCUT2D eigenvalue weighted by Crippen LogP contribution is 2.40. The molecule has 2 N–H and O–H groups in total. The number of anilines is 1. The molecule has 0 aliphatic heterocycles. The number of hydrogen-bond acceptors (Lipinski definition) is 2. The van der Waals surface area contributed by atoms with Crippen molar-refractivity contribution in [3.8, 4) is 0 Å². The second-order valence-electron chi connectivity index (χ2n) is 4.49. The van der Waals surface area contributed by atoms with Crippen LogP contribution in [0.3, 0.4) is 0 Å². The molecule has 0 unspecified atom stereocenters. The summed E-state index contributed by atoms with van der Waals surface area (Å²) in [7, 11) is 0. The first kappa shape index (κ1) is 11.7. The van der Waals surface area contributed by atoms with Crippen LogP contribution >= 0.6 is 11.6 Å². The molecule has 88 valence electrons. The molecule has 0 amide bonds. The zero-order chi connectivity index (χ0) is 11.6. The van der Waals surface area contributed by atoms with Gasteiger partial charge in [0, 0.05) is 17.6 Å². The second-order valence-corrected chi connectivity index (χ2v) is 4.90. The number of nitrogens with one attached hydrogen (secondary N) is 1. The zero-order valence-electron chi connectivity index (χ0n) is 8.97. The fraction of sp³-hybridized carbons (Fsp3) is 0.500. The predicted octanol–water partition coefficient (Wildman–Crippen LogP) is 3.05. The van der Waals surface area contributed by atoms with Crippen LogP contribution in [-0.2, 0) is 0 Å². The van der Waals surface area contributed by atoms with Crippen LogP contribution in [0.15, 0.2) is 18.2 Å². The molecule has 0 bridgehead atoms. The van der Waals surface area contributed by atoms with E-state index in [4.69, 9.17) is 11.6 Å². The maximum absolute atomic E-state index is 12.9. The molecule has 1 aromatic rings. The fourth-order valence-electron chi connectivity index (χ4n) is 1.96. The Labute approximate surface area is 99.4 Å². The van der Waals surface area contributed by atoms with E-state index in [-0.39, 0.29) is 17.0 Å². The first-order valence-electron chi connectivity index (χ1n) is 5.45. The Bertz CT molecular complexity index is 374. The van der Waals surface area contributed by atoms with Crippen LogP contribution in [0.5, 0.6) is 0 Å². The van der Waals surface area contributed by atoms with Crippen molar-refractivity contribution in [2.75, 3.05) is 18.5 Å². The summed E-state index contributed by atoms with van der Waals surface area (Å²) in [5.41, 5.74) is 0.812. The van der Waals surface area contributed by atoms with Crippen LogP contribution in [0.4, 0.5) is 10.1 Å². The van der Waals surface area contributed by atoms with Gasteiger partial charge in [0.2, 0.25) is 0 Å². The predicted molar refractivity (Wildman–Crippen MR) is 63.3 cm³/mol. The maximum Gasteiger partial charge on any atom is 0.141 e. The third-order valence-electron chi connectivity index (χ3n) is 3.34. The number of benzene rings is 1. The van der Waals surface area contributed by atoms with Gasteiger partial charge in [0.15, 0.2) is 0 Å². The van der Waals surface area contributed by atoms with Crippen LogP contribution < -0.4 is 5.32 Å². The molecule has 0 heterocycles. The molecule has 1 aromatic carbocycles. The Morgan fingerprint density at radius 1 is 1.44 bits per heavy atom.